The van der Waals surface area contributed by atoms with Gasteiger partial charge in [0.25, 0.3) is 0 Å². The van der Waals surface area contributed by atoms with Gasteiger partial charge in [-0.2, -0.15) is 0 Å². The topological polar surface area (TPSA) is 172 Å². The molecule has 0 bridgehead atoms. The van der Waals surface area contributed by atoms with E-state index in [-0.39, 0.29) is 19.4 Å². The molecule has 0 aliphatic rings. The lowest BCUT2D eigenvalue weighted by Crippen LogP contribution is -2.34. The number of phosphoric acid groups is 1. The maximum Gasteiger partial charge on any atom is 0.472 e. The lowest BCUT2D eigenvalue weighted by molar-refractivity contribution is -0.161. The van der Waals surface area contributed by atoms with Crippen LogP contribution in [0.4, 0.5) is 0 Å². The third kappa shape index (κ3) is 25.9. The Morgan fingerprint density at radius 2 is 1.07 bits per heavy atom. The Morgan fingerprint density at radius 1 is 0.659 bits per heavy atom. The molecule has 0 aromatic carbocycles. The van der Waals surface area contributed by atoms with E-state index in [4.69, 9.17) is 24.8 Å². The van der Waals surface area contributed by atoms with Crippen molar-refractivity contribution < 1.29 is 47.5 Å². The van der Waals surface area contributed by atoms with Crippen LogP contribution in [-0.4, -0.2) is 59.9 Å². The van der Waals surface area contributed by atoms with Crippen molar-refractivity contribution in [1.82, 2.24) is 0 Å². The van der Waals surface area contributed by atoms with Crippen LogP contribution in [0.1, 0.15) is 136 Å². The summed E-state index contributed by atoms with van der Waals surface area (Å²) in [7, 11) is -4.68. The standard InChI is InChI=1S/C29H56NO10P/c1-3-5-7-9-10-11-12-13-14-15-17-19-21-28(32)40-25(22-37-27(31)20-18-16-8-6-4-2)23-38-41(35,36)39-24-26(30)29(33)34/h25-26H,3-24,30H2,1-2H3,(H,33,34)(H,35,36). The zero-order valence-corrected chi connectivity index (χ0v) is 26.3. The molecule has 12 heteroatoms. The number of nitrogens with two attached hydrogens (primary N) is 1. The fourth-order valence-corrected chi connectivity index (χ4v) is 4.84. The highest BCUT2D eigenvalue weighted by atomic mass is 31.2. The van der Waals surface area contributed by atoms with Gasteiger partial charge in [0.05, 0.1) is 13.2 Å². The molecule has 0 heterocycles. The third-order valence-corrected chi connectivity index (χ3v) is 7.56. The lowest BCUT2D eigenvalue weighted by atomic mass is 10.0. The van der Waals surface area contributed by atoms with E-state index < -0.39 is 51.1 Å². The van der Waals surface area contributed by atoms with Crippen molar-refractivity contribution in [2.45, 2.75) is 148 Å². The molecular weight excluding hydrogens is 553 g/mol. The summed E-state index contributed by atoms with van der Waals surface area (Å²) in [5, 5.41) is 8.79. The van der Waals surface area contributed by atoms with Crippen LogP contribution in [0.2, 0.25) is 0 Å². The summed E-state index contributed by atoms with van der Waals surface area (Å²) < 4.78 is 32.2. The molecule has 0 aromatic rings. The van der Waals surface area contributed by atoms with Crippen LogP contribution in [0.15, 0.2) is 0 Å². The molecule has 0 aliphatic heterocycles. The van der Waals surface area contributed by atoms with E-state index in [1.54, 1.807) is 0 Å². The lowest BCUT2D eigenvalue weighted by Gasteiger charge is -2.20. The largest absolute Gasteiger partial charge is 0.480 e. The SMILES string of the molecule is CCCCCCCCCCCCCCC(=O)OC(COC(=O)CCCCCCC)COP(=O)(O)OCC(N)C(=O)O. The highest BCUT2D eigenvalue weighted by molar-refractivity contribution is 7.47. The highest BCUT2D eigenvalue weighted by Gasteiger charge is 2.28. The van der Waals surface area contributed by atoms with Crippen LogP contribution in [0, 0.1) is 0 Å². The summed E-state index contributed by atoms with van der Waals surface area (Å²) in [6.07, 6.45) is 18.1. The summed E-state index contributed by atoms with van der Waals surface area (Å²) in [4.78, 5) is 45.1. The van der Waals surface area contributed by atoms with Crippen molar-refractivity contribution >= 4 is 25.7 Å². The minimum atomic E-state index is -4.68. The van der Waals surface area contributed by atoms with Crippen molar-refractivity contribution in [3.05, 3.63) is 0 Å². The smallest absolute Gasteiger partial charge is 0.472 e. The number of carbonyl (C=O) groups is 3. The Balaban J connectivity index is 4.47. The summed E-state index contributed by atoms with van der Waals surface area (Å²) in [6.45, 7) is 2.65. The number of carboxylic acids is 1. The molecule has 4 N–H and O–H groups in total. The van der Waals surface area contributed by atoms with Crippen molar-refractivity contribution in [2.24, 2.45) is 5.73 Å². The number of aliphatic carboxylic acids is 1. The van der Waals surface area contributed by atoms with Crippen molar-refractivity contribution in [3.63, 3.8) is 0 Å². The normalized spacial score (nSPS) is 14.2. The van der Waals surface area contributed by atoms with Crippen molar-refractivity contribution in [3.8, 4) is 0 Å². The van der Waals surface area contributed by atoms with Gasteiger partial charge in [0.1, 0.15) is 12.6 Å². The number of ether oxygens (including phenoxy) is 2. The second kappa shape index (κ2) is 26.1. The summed E-state index contributed by atoms with van der Waals surface area (Å²) in [5.41, 5.74) is 5.27. The van der Waals surface area contributed by atoms with Crippen LogP contribution in [0.25, 0.3) is 0 Å². The molecule has 0 fully saturated rings. The second-order valence-electron chi connectivity index (χ2n) is 10.6. The van der Waals surface area contributed by atoms with Crippen molar-refractivity contribution in [1.29, 1.82) is 0 Å². The molecule has 3 atom stereocenters. The average molecular weight is 610 g/mol. The fourth-order valence-electron chi connectivity index (χ4n) is 4.06. The van der Waals surface area contributed by atoms with Gasteiger partial charge in [-0.05, 0) is 12.8 Å². The third-order valence-electron chi connectivity index (χ3n) is 6.61. The van der Waals surface area contributed by atoms with E-state index in [9.17, 15) is 23.8 Å². The number of unbranched alkanes of at least 4 members (excludes halogenated alkanes) is 15. The molecular formula is C29H56NO10P. The monoisotopic (exact) mass is 609 g/mol. The minimum Gasteiger partial charge on any atom is -0.480 e. The van der Waals surface area contributed by atoms with Gasteiger partial charge in [-0.25, -0.2) is 4.57 Å². The molecule has 41 heavy (non-hydrogen) atoms. The van der Waals surface area contributed by atoms with E-state index in [0.717, 1.165) is 44.9 Å². The van der Waals surface area contributed by atoms with Gasteiger partial charge in [0.2, 0.25) is 0 Å². The fraction of sp³-hybridized carbons (Fsp3) is 0.897. The van der Waals surface area contributed by atoms with Gasteiger partial charge in [0.15, 0.2) is 6.10 Å². The van der Waals surface area contributed by atoms with Crippen molar-refractivity contribution in [2.75, 3.05) is 19.8 Å². The summed E-state index contributed by atoms with van der Waals surface area (Å²) >= 11 is 0. The van der Waals surface area contributed by atoms with Gasteiger partial charge in [-0.15, -0.1) is 0 Å². The first-order chi connectivity index (χ1) is 19.6. The van der Waals surface area contributed by atoms with E-state index in [0.29, 0.717) is 12.8 Å². The number of rotatable bonds is 29. The molecule has 0 amide bonds. The first kappa shape index (κ1) is 39.5. The van der Waals surface area contributed by atoms with E-state index in [2.05, 4.69) is 18.4 Å². The quantitative estimate of drug-likeness (QED) is 0.0484. The van der Waals surface area contributed by atoms with E-state index in [1.165, 1.54) is 51.4 Å². The van der Waals surface area contributed by atoms with E-state index >= 15 is 0 Å². The molecule has 0 aliphatic carbocycles. The number of hydrogen-bond acceptors (Lipinski definition) is 9. The molecule has 0 aromatic heterocycles. The maximum atomic E-state index is 12.4. The van der Waals surface area contributed by atoms with Crippen LogP contribution >= 0.6 is 7.82 Å². The predicted octanol–water partition coefficient (Wildman–Crippen LogP) is 6.44. The molecule has 11 nitrogen and oxygen atoms in total. The Kier molecular flexibility index (Phi) is 25.2. The van der Waals surface area contributed by atoms with Gasteiger partial charge in [-0.1, -0.05) is 110 Å². The van der Waals surface area contributed by atoms with Crippen LogP contribution in [0.3, 0.4) is 0 Å². The highest BCUT2D eigenvalue weighted by Crippen LogP contribution is 2.43. The first-order valence-electron chi connectivity index (χ1n) is 15.6. The Morgan fingerprint density at radius 3 is 1.54 bits per heavy atom. The van der Waals surface area contributed by atoms with Crippen LogP contribution < -0.4 is 5.73 Å². The summed E-state index contributed by atoms with van der Waals surface area (Å²) in [6, 6.07) is -1.51. The first-order valence-corrected chi connectivity index (χ1v) is 17.1. The second-order valence-corrected chi connectivity index (χ2v) is 12.1. The molecule has 0 rings (SSSR count). The van der Waals surface area contributed by atoms with Crippen LogP contribution in [-0.2, 0) is 37.5 Å². The van der Waals surface area contributed by atoms with Gasteiger partial charge in [0, 0.05) is 12.8 Å². The van der Waals surface area contributed by atoms with E-state index in [1.807, 2.05) is 0 Å². The van der Waals surface area contributed by atoms with Gasteiger partial charge in [-0.3, -0.25) is 23.4 Å². The van der Waals surface area contributed by atoms with Gasteiger partial charge >= 0.3 is 25.7 Å². The molecule has 0 saturated heterocycles. The van der Waals surface area contributed by atoms with Gasteiger partial charge < -0.3 is 25.2 Å². The number of carbonyl (C=O) groups excluding carboxylic acids is 2. The number of hydrogen-bond donors (Lipinski definition) is 3. The number of esters is 2. The minimum absolute atomic E-state index is 0.167. The molecule has 0 radical (unpaired) electrons. The predicted molar refractivity (Wildman–Crippen MR) is 157 cm³/mol. The Hall–Kier alpha value is -1.52. The zero-order chi connectivity index (χ0) is 30.8. The number of carboxylic acid groups (broad SMARTS) is 1. The number of phosphoric ester groups is 1. The zero-order valence-electron chi connectivity index (χ0n) is 25.4. The molecule has 0 saturated carbocycles. The van der Waals surface area contributed by atoms with Crippen LogP contribution in [0.5, 0.6) is 0 Å². The molecule has 0 spiro atoms. The molecule has 3 unspecified atom stereocenters. The Labute approximate surface area is 246 Å². The maximum absolute atomic E-state index is 12.4. The Bertz CT molecular complexity index is 736. The average Bonchev–Trinajstić information content (AvgIpc) is 2.93. The summed E-state index contributed by atoms with van der Waals surface area (Å²) in [5.74, 6) is -2.39. The molecule has 242 valence electrons.